The minimum Gasteiger partial charge on any atom is -0.497 e. The number of nitrogens with two attached hydrogens (primary N) is 1. The van der Waals surface area contributed by atoms with Crippen molar-refractivity contribution in [3.8, 4) is 11.4 Å². The minimum atomic E-state index is -0.223. The quantitative estimate of drug-likeness (QED) is 0.839. The molecule has 0 bridgehead atoms. The molecule has 1 amide bonds. The van der Waals surface area contributed by atoms with Crippen LogP contribution in [0.5, 0.6) is 5.75 Å². The van der Waals surface area contributed by atoms with Crippen molar-refractivity contribution in [2.75, 3.05) is 26.7 Å². The zero-order chi connectivity index (χ0) is 17.6. The lowest BCUT2D eigenvalue weighted by atomic mass is 10.0. The SMILES string of the molecule is COc1ccc(-n2cc(C3=CCN(CCCC(N)=O)CC3)cn2)cc1. The Morgan fingerprint density at radius 3 is 2.76 bits per heavy atom. The molecule has 1 aromatic heterocycles. The topological polar surface area (TPSA) is 73.4 Å². The molecule has 0 saturated heterocycles. The highest BCUT2D eigenvalue weighted by molar-refractivity contribution is 5.73. The van der Waals surface area contributed by atoms with Crippen LogP contribution < -0.4 is 10.5 Å². The van der Waals surface area contributed by atoms with Gasteiger partial charge in [-0.05, 0) is 49.2 Å². The van der Waals surface area contributed by atoms with Crippen molar-refractivity contribution in [3.05, 3.63) is 48.3 Å². The molecular weight excluding hydrogens is 316 g/mol. The molecule has 1 aromatic carbocycles. The van der Waals surface area contributed by atoms with E-state index in [4.69, 9.17) is 10.5 Å². The zero-order valence-electron chi connectivity index (χ0n) is 14.5. The van der Waals surface area contributed by atoms with E-state index in [-0.39, 0.29) is 5.91 Å². The summed E-state index contributed by atoms with van der Waals surface area (Å²) in [5, 5.41) is 4.48. The molecule has 132 valence electrons. The van der Waals surface area contributed by atoms with Crippen molar-refractivity contribution in [1.82, 2.24) is 14.7 Å². The van der Waals surface area contributed by atoms with Gasteiger partial charge in [-0.1, -0.05) is 6.08 Å². The Hall–Kier alpha value is -2.60. The molecule has 1 aliphatic heterocycles. The van der Waals surface area contributed by atoms with Gasteiger partial charge in [0.1, 0.15) is 5.75 Å². The Bertz CT molecular complexity index is 749. The maximum atomic E-state index is 10.8. The first-order valence-corrected chi connectivity index (χ1v) is 8.55. The molecule has 3 rings (SSSR count). The molecule has 25 heavy (non-hydrogen) atoms. The van der Waals surface area contributed by atoms with Crippen molar-refractivity contribution in [1.29, 1.82) is 0 Å². The molecule has 0 fully saturated rings. The Balaban J connectivity index is 1.60. The number of aromatic nitrogens is 2. The lowest BCUT2D eigenvalue weighted by Gasteiger charge is -2.25. The fraction of sp³-hybridized carbons (Fsp3) is 0.368. The Labute approximate surface area is 147 Å². The summed E-state index contributed by atoms with van der Waals surface area (Å²) in [5.41, 5.74) is 8.68. The third-order valence-electron chi connectivity index (χ3n) is 4.48. The van der Waals surface area contributed by atoms with Crippen LogP contribution in [0.1, 0.15) is 24.8 Å². The van der Waals surface area contributed by atoms with Crippen LogP contribution in [0.2, 0.25) is 0 Å². The molecule has 6 nitrogen and oxygen atoms in total. The monoisotopic (exact) mass is 340 g/mol. The van der Waals surface area contributed by atoms with Gasteiger partial charge in [-0.25, -0.2) is 4.68 Å². The van der Waals surface area contributed by atoms with Gasteiger partial charge in [-0.2, -0.15) is 5.10 Å². The first kappa shape index (κ1) is 17.2. The number of nitrogens with zero attached hydrogens (tertiary/aromatic N) is 3. The Morgan fingerprint density at radius 2 is 2.12 bits per heavy atom. The van der Waals surface area contributed by atoms with Crippen molar-refractivity contribution in [2.24, 2.45) is 5.73 Å². The highest BCUT2D eigenvalue weighted by Crippen LogP contribution is 2.23. The fourth-order valence-electron chi connectivity index (χ4n) is 3.02. The third-order valence-corrected chi connectivity index (χ3v) is 4.48. The molecule has 0 unspecified atom stereocenters. The van der Waals surface area contributed by atoms with E-state index < -0.39 is 0 Å². The number of methoxy groups -OCH3 is 1. The van der Waals surface area contributed by atoms with E-state index in [0.29, 0.717) is 6.42 Å². The summed E-state index contributed by atoms with van der Waals surface area (Å²) in [6, 6.07) is 7.84. The van der Waals surface area contributed by atoms with Crippen LogP contribution in [-0.2, 0) is 4.79 Å². The summed E-state index contributed by atoms with van der Waals surface area (Å²) in [7, 11) is 1.66. The second-order valence-electron chi connectivity index (χ2n) is 6.22. The largest absolute Gasteiger partial charge is 0.497 e. The highest BCUT2D eigenvalue weighted by Gasteiger charge is 2.14. The normalized spacial score (nSPS) is 15.0. The molecule has 2 N–H and O–H groups in total. The first-order valence-electron chi connectivity index (χ1n) is 8.55. The summed E-state index contributed by atoms with van der Waals surface area (Å²) < 4.78 is 7.07. The van der Waals surface area contributed by atoms with Crippen molar-refractivity contribution in [2.45, 2.75) is 19.3 Å². The maximum Gasteiger partial charge on any atom is 0.217 e. The van der Waals surface area contributed by atoms with E-state index >= 15 is 0 Å². The number of carbonyl (C=O) groups excluding carboxylic acids is 1. The third kappa shape index (κ3) is 4.48. The number of hydrogen-bond donors (Lipinski definition) is 1. The van der Waals surface area contributed by atoms with E-state index in [0.717, 1.165) is 49.5 Å². The van der Waals surface area contributed by atoms with Crippen LogP contribution in [-0.4, -0.2) is 47.3 Å². The number of hydrogen-bond acceptors (Lipinski definition) is 4. The van der Waals surface area contributed by atoms with Crippen LogP contribution in [0.4, 0.5) is 0 Å². The van der Waals surface area contributed by atoms with Gasteiger partial charge in [-0.15, -0.1) is 0 Å². The van der Waals surface area contributed by atoms with Gasteiger partial charge < -0.3 is 10.5 Å². The number of rotatable bonds is 7. The molecule has 6 heteroatoms. The van der Waals surface area contributed by atoms with Gasteiger partial charge in [0, 0.05) is 31.3 Å². The molecular formula is C19H24N4O2. The van der Waals surface area contributed by atoms with Crippen LogP contribution in [0.3, 0.4) is 0 Å². The second kappa shape index (κ2) is 7.98. The first-order chi connectivity index (χ1) is 12.2. The van der Waals surface area contributed by atoms with Gasteiger partial charge in [0.05, 0.1) is 19.0 Å². The van der Waals surface area contributed by atoms with Gasteiger partial charge in [0.15, 0.2) is 0 Å². The van der Waals surface area contributed by atoms with E-state index in [1.165, 1.54) is 5.57 Å². The number of ether oxygens (including phenoxy) is 1. The number of benzene rings is 1. The average molecular weight is 340 g/mol. The second-order valence-corrected chi connectivity index (χ2v) is 6.22. The maximum absolute atomic E-state index is 10.8. The van der Waals surface area contributed by atoms with E-state index in [1.54, 1.807) is 7.11 Å². The molecule has 0 saturated carbocycles. The summed E-state index contributed by atoms with van der Waals surface area (Å²) in [5.74, 6) is 0.613. The predicted octanol–water partition coefficient (Wildman–Crippen LogP) is 2.24. The summed E-state index contributed by atoms with van der Waals surface area (Å²) in [4.78, 5) is 13.2. The lowest BCUT2D eigenvalue weighted by Crippen LogP contribution is -2.30. The molecule has 1 aliphatic rings. The summed E-state index contributed by atoms with van der Waals surface area (Å²) in [6.45, 7) is 2.82. The minimum absolute atomic E-state index is 0.223. The van der Waals surface area contributed by atoms with Crippen LogP contribution in [0.15, 0.2) is 42.7 Å². The number of primary amides is 1. The van der Waals surface area contributed by atoms with Gasteiger partial charge in [0.2, 0.25) is 5.91 Å². The van der Waals surface area contributed by atoms with E-state index in [9.17, 15) is 4.79 Å². The Morgan fingerprint density at radius 1 is 1.32 bits per heavy atom. The molecule has 2 aromatic rings. The van der Waals surface area contributed by atoms with Gasteiger partial charge >= 0.3 is 0 Å². The van der Waals surface area contributed by atoms with Gasteiger partial charge in [-0.3, -0.25) is 9.69 Å². The number of amides is 1. The van der Waals surface area contributed by atoms with Crippen LogP contribution in [0.25, 0.3) is 11.3 Å². The van der Waals surface area contributed by atoms with Crippen molar-refractivity contribution >= 4 is 11.5 Å². The smallest absolute Gasteiger partial charge is 0.217 e. The highest BCUT2D eigenvalue weighted by atomic mass is 16.5. The zero-order valence-corrected chi connectivity index (χ0v) is 14.5. The molecule has 0 atom stereocenters. The fourth-order valence-corrected chi connectivity index (χ4v) is 3.02. The lowest BCUT2D eigenvalue weighted by molar-refractivity contribution is -0.118. The van der Waals surface area contributed by atoms with E-state index in [1.807, 2.05) is 35.1 Å². The molecule has 2 heterocycles. The molecule has 0 radical (unpaired) electrons. The van der Waals surface area contributed by atoms with Gasteiger partial charge in [0.25, 0.3) is 0 Å². The predicted molar refractivity (Wildman–Crippen MR) is 97.6 cm³/mol. The van der Waals surface area contributed by atoms with Crippen LogP contribution >= 0.6 is 0 Å². The molecule has 0 spiro atoms. The molecule has 0 aliphatic carbocycles. The standard InChI is InChI=1S/C19H24N4O2/c1-25-18-6-4-17(5-7-18)23-14-16(13-21-23)15-8-11-22(12-9-15)10-2-3-19(20)24/h4-8,13-14H,2-3,9-12H2,1H3,(H2,20,24). The number of carbonyl (C=O) groups is 1. The Kier molecular flexibility index (Phi) is 5.50. The summed E-state index contributed by atoms with van der Waals surface area (Å²) in [6.07, 6.45) is 8.51. The average Bonchev–Trinajstić information content (AvgIpc) is 3.12. The van der Waals surface area contributed by atoms with Crippen molar-refractivity contribution < 1.29 is 9.53 Å². The van der Waals surface area contributed by atoms with Crippen LogP contribution in [0, 0.1) is 0 Å². The van der Waals surface area contributed by atoms with Crippen molar-refractivity contribution in [3.63, 3.8) is 0 Å². The van der Waals surface area contributed by atoms with E-state index in [2.05, 4.69) is 22.3 Å². The summed E-state index contributed by atoms with van der Waals surface area (Å²) >= 11 is 0.